The second-order valence-corrected chi connectivity index (χ2v) is 6.92. The lowest BCUT2D eigenvalue weighted by Crippen LogP contribution is -1.93. The van der Waals surface area contributed by atoms with Gasteiger partial charge in [0.2, 0.25) is 5.88 Å². The van der Waals surface area contributed by atoms with E-state index in [-0.39, 0.29) is 11.8 Å². The monoisotopic (exact) mass is 353 g/mol. The summed E-state index contributed by atoms with van der Waals surface area (Å²) in [7, 11) is 1.75. The number of thioether (sulfide) groups is 1. The van der Waals surface area contributed by atoms with Crippen LogP contribution >= 0.6 is 11.8 Å². The zero-order valence-corrected chi connectivity index (χ0v) is 15.0. The molecule has 0 bridgehead atoms. The Bertz CT molecular complexity index is 930. The second kappa shape index (κ2) is 7.53. The van der Waals surface area contributed by atoms with Gasteiger partial charge in [0.15, 0.2) is 5.69 Å². The zero-order valence-electron chi connectivity index (χ0n) is 14.1. The van der Waals surface area contributed by atoms with Gasteiger partial charge in [0.1, 0.15) is 0 Å². The Kier molecular flexibility index (Phi) is 5.19. The highest BCUT2D eigenvalue weighted by Gasteiger charge is 2.13. The summed E-state index contributed by atoms with van der Waals surface area (Å²) in [5.74, 6) is 0.348. The number of para-hydroxylation sites is 1. The SMILES string of the molecule is Cc1ccc(SCCC(=O)N=Nc2c(O)n(C)c3ccccc23)cc1. The van der Waals surface area contributed by atoms with Gasteiger partial charge in [-0.15, -0.1) is 22.0 Å². The maximum atomic E-state index is 12.0. The maximum absolute atomic E-state index is 12.0. The van der Waals surface area contributed by atoms with Crippen LogP contribution in [-0.4, -0.2) is 21.3 Å². The molecule has 0 saturated carbocycles. The Labute approximate surface area is 150 Å². The summed E-state index contributed by atoms with van der Waals surface area (Å²) in [6.07, 6.45) is 0.299. The van der Waals surface area contributed by atoms with Crippen molar-refractivity contribution in [3.05, 3.63) is 54.1 Å². The van der Waals surface area contributed by atoms with E-state index in [1.54, 1.807) is 23.4 Å². The molecule has 1 aromatic heterocycles. The van der Waals surface area contributed by atoms with E-state index in [2.05, 4.69) is 10.2 Å². The van der Waals surface area contributed by atoms with E-state index in [1.807, 2.05) is 55.5 Å². The molecule has 1 heterocycles. The highest BCUT2D eigenvalue weighted by molar-refractivity contribution is 7.99. The topological polar surface area (TPSA) is 66.9 Å². The highest BCUT2D eigenvalue weighted by atomic mass is 32.2. The molecular weight excluding hydrogens is 334 g/mol. The van der Waals surface area contributed by atoms with Gasteiger partial charge in [-0.1, -0.05) is 35.9 Å². The average Bonchev–Trinajstić information content (AvgIpc) is 2.86. The molecule has 0 unspecified atom stereocenters. The number of rotatable bonds is 5. The molecule has 25 heavy (non-hydrogen) atoms. The summed E-state index contributed by atoms with van der Waals surface area (Å²) < 4.78 is 1.63. The van der Waals surface area contributed by atoms with Gasteiger partial charge in [0, 0.05) is 29.5 Å². The third-order valence-electron chi connectivity index (χ3n) is 3.92. The molecule has 3 aromatic rings. The Morgan fingerprint density at radius 3 is 2.64 bits per heavy atom. The van der Waals surface area contributed by atoms with E-state index in [9.17, 15) is 9.90 Å². The summed E-state index contributed by atoms with van der Waals surface area (Å²) in [5.41, 5.74) is 2.39. The molecule has 0 atom stereocenters. The Morgan fingerprint density at radius 1 is 1.16 bits per heavy atom. The lowest BCUT2D eigenvalue weighted by molar-refractivity contribution is -0.117. The Hall–Kier alpha value is -2.60. The van der Waals surface area contributed by atoms with Gasteiger partial charge in [0.05, 0.1) is 5.52 Å². The van der Waals surface area contributed by atoms with Gasteiger partial charge >= 0.3 is 0 Å². The van der Waals surface area contributed by atoms with Crippen molar-refractivity contribution in [2.45, 2.75) is 18.2 Å². The van der Waals surface area contributed by atoms with Crippen molar-refractivity contribution >= 4 is 34.3 Å². The van der Waals surface area contributed by atoms with Crippen LogP contribution in [0, 0.1) is 6.92 Å². The van der Waals surface area contributed by atoms with Crippen molar-refractivity contribution in [1.29, 1.82) is 0 Å². The van der Waals surface area contributed by atoms with Crippen molar-refractivity contribution in [3.8, 4) is 5.88 Å². The van der Waals surface area contributed by atoms with Gasteiger partial charge < -0.3 is 9.67 Å². The van der Waals surface area contributed by atoms with Crippen molar-refractivity contribution in [1.82, 2.24) is 4.57 Å². The maximum Gasteiger partial charge on any atom is 0.265 e. The first-order valence-corrected chi connectivity index (χ1v) is 8.95. The van der Waals surface area contributed by atoms with Crippen LogP contribution in [-0.2, 0) is 11.8 Å². The van der Waals surface area contributed by atoms with E-state index in [0.29, 0.717) is 17.9 Å². The molecule has 0 spiro atoms. The van der Waals surface area contributed by atoms with Crippen molar-refractivity contribution in [2.24, 2.45) is 17.3 Å². The van der Waals surface area contributed by atoms with Gasteiger partial charge in [-0.2, -0.15) is 0 Å². The van der Waals surface area contributed by atoms with Crippen molar-refractivity contribution in [3.63, 3.8) is 0 Å². The first-order chi connectivity index (χ1) is 12.1. The predicted octanol–water partition coefficient (Wildman–Crippen LogP) is 4.99. The van der Waals surface area contributed by atoms with Gasteiger partial charge in [0.25, 0.3) is 5.91 Å². The average molecular weight is 353 g/mol. The molecule has 0 radical (unpaired) electrons. The molecule has 0 aliphatic carbocycles. The van der Waals surface area contributed by atoms with E-state index < -0.39 is 0 Å². The lowest BCUT2D eigenvalue weighted by Gasteiger charge is -2.00. The fourth-order valence-corrected chi connectivity index (χ4v) is 3.35. The molecule has 0 aliphatic heterocycles. The Morgan fingerprint density at radius 2 is 1.88 bits per heavy atom. The molecule has 6 heteroatoms. The highest BCUT2D eigenvalue weighted by Crippen LogP contribution is 2.37. The minimum atomic E-state index is -0.299. The summed E-state index contributed by atoms with van der Waals surface area (Å²) in [6, 6.07) is 15.7. The molecule has 1 amide bonds. The van der Waals surface area contributed by atoms with Crippen LogP contribution in [0.3, 0.4) is 0 Å². The number of carbonyl (C=O) groups is 1. The lowest BCUT2D eigenvalue weighted by atomic mass is 10.2. The summed E-state index contributed by atoms with van der Waals surface area (Å²) in [6.45, 7) is 2.04. The first kappa shape index (κ1) is 17.2. The van der Waals surface area contributed by atoms with Gasteiger partial charge in [-0.25, -0.2) is 0 Å². The summed E-state index contributed by atoms with van der Waals surface area (Å²) in [5, 5.41) is 18.7. The largest absolute Gasteiger partial charge is 0.493 e. The van der Waals surface area contributed by atoms with Gasteiger partial charge in [-0.3, -0.25) is 4.79 Å². The number of nitrogens with zero attached hydrogens (tertiary/aromatic N) is 3. The van der Waals surface area contributed by atoms with Gasteiger partial charge in [-0.05, 0) is 25.1 Å². The minimum absolute atomic E-state index is 0.00628. The van der Waals surface area contributed by atoms with Crippen LogP contribution in [0.1, 0.15) is 12.0 Å². The van der Waals surface area contributed by atoms with Crippen LogP contribution < -0.4 is 0 Å². The van der Waals surface area contributed by atoms with E-state index in [4.69, 9.17) is 0 Å². The van der Waals surface area contributed by atoms with Crippen LogP contribution in [0.4, 0.5) is 5.69 Å². The fourth-order valence-electron chi connectivity index (χ4n) is 2.50. The third-order valence-corrected chi connectivity index (χ3v) is 4.93. The molecule has 0 aliphatic rings. The van der Waals surface area contributed by atoms with Crippen LogP contribution in [0.2, 0.25) is 0 Å². The fraction of sp³-hybridized carbons (Fsp3) is 0.211. The number of amides is 1. The number of benzene rings is 2. The normalized spacial score (nSPS) is 11.4. The molecule has 0 saturated heterocycles. The number of hydrogen-bond donors (Lipinski definition) is 1. The molecule has 1 N–H and O–H groups in total. The number of aryl methyl sites for hydroxylation is 2. The predicted molar refractivity (Wildman–Crippen MR) is 101 cm³/mol. The standard InChI is InChI=1S/C19H19N3O2S/c1-13-7-9-14(10-8-13)25-12-11-17(23)20-21-18-15-5-3-4-6-16(15)22(2)19(18)24/h3-10,24H,11-12H2,1-2H3. The second-order valence-electron chi connectivity index (χ2n) is 5.75. The summed E-state index contributed by atoms with van der Waals surface area (Å²) in [4.78, 5) is 13.1. The van der Waals surface area contributed by atoms with E-state index >= 15 is 0 Å². The number of carbonyl (C=O) groups excluding carboxylic acids is 1. The van der Waals surface area contributed by atoms with Crippen molar-refractivity contribution in [2.75, 3.05) is 5.75 Å². The molecule has 2 aromatic carbocycles. The first-order valence-electron chi connectivity index (χ1n) is 7.96. The van der Waals surface area contributed by atoms with E-state index in [1.165, 1.54) is 5.56 Å². The quantitative estimate of drug-likeness (QED) is 0.519. The Balaban J connectivity index is 1.63. The van der Waals surface area contributed by atoms with Crippen LogP contribution in [0.5, 0.6) is 5.88 Å². The van der Waals surface area contributed by atoms with Crippen molar-refractivity contribution < 1.29 is 9.90 Å². The van der Waals surface area contributed by atoms with E-state index in [0.717, 1.165) is 15.8 Å². The molecule has 3 rings (SSSR count). The molecule has 0 fully saturated rings. The number of aromatic nitrogens is 1. The summed E-state index contributed by atoms with van der Waals surface area (Å²) >= 11 is 1.61. The third kappa shape index (κ3) is 3.91. The number of aromatic hydroxyl groups is 1. The van der Waals surface area contributed by atoms with Crippen LogP contribution in [0.25, 0.3) is 10.9 Å². The van der Waals surface area contributed by atoms with Crippen LogP contribution in [0.15, 0.2) is 63.7 Å². The number of fused-ring (bicyclic) bond motifs is 1. The molecule has 5 nitrogen and oxygen atoms in total. The minimum Gasteiger partial charge on any atom is -0.493 e. The smallest absolute Gasteiger partial charge is 0.265 e. The zero-order chi connectivity index (χ0) is 17.8. The molecule has 128 valence electrons. The number of azo groups is 1. The molecular formula is C19H19N3O2S. The number of hydrogen-bond acceptors (Lipinski definition) is 4.